The van der Waals surface area contributed by atoms with Crippen molar-refractivity contribution in [2.45, 2.75) is 25.8 Å². The Kier molecular flexibility index (Phi) is 4.29. The fraction of sp³-hybridized carbons (Fsp3) is 0.300. The molecular weight excluding hydrogens is 374 g/mol. The molecule has 0 amide bonds. The molecule has 0 fully saturated rings. The van der Waals surface area contributed by atoms with Crippen LogP contribution in [0.5, 0.6) is 0 Å². The summed E-state index contributed by atoms with van der Waals surface area (Å²) in [5.41, 5.74) is 7.27. The third-order valence-electron chi connectivity index (χ3n) is 5.43. The van der Waals surface area contributed by atoms with Crippen LogP contribution in [0.3, 0.4) is 0 Å². The highest BCUT2D eigenvalue weighted by Gasteiger charge is 2.21. The van der Waals surface area contributed by atoms with Gasteiger partial charge in [0.25, 0.3) is 5.89 Å². The summed E-state index contributed by atoms with van der Waals surface area (Å²) in [5.74, 6) is -0.270. The van der Waals surface area contributed by atoms with Crippen molar-refractivity contribution in [3.05, 3.63) is 63.3 Å². The average Bonchev–Trinajstić information content (AvgIpc) is 3.30. The lowest BCUT2D eigenvalue weighted by Gasteiger charge is -2.27. The fourth-order valence-corrected chi connectivity index (χ4v) is 4.47. The lowest BCUT2D eigenvalue weighted by Crippen LogP contribution is -2.29. The molecule has 1 aliphatic rings. The number of aromatic amines is 1. The zero-order valence-corrected chi connectivity index (χ0v) is 16.2. The second kappa shape index (κ2) is 6.96. The Balaban J connectivity index is 1.37. The quantitative estimate of drug-likeness (QED) is 0.575. The van der Waals surface area contributed by atoms with Gasteiger partial charge in [0.1, 0.15) is 0 Å². The Labute approximate surface area is 165 Å². The SMILES string of the molecule is C[C@@H](c1ccc2scnc2c1)N1CCc2cc(-c3n[nH]c(=O)o3)cnc2CC1. The van der Waals surface area contributed by atoms with Crippen LogP contribution in [0.1, 0.15) is 29.8 Å². The molecule has 0 aliphatic carbocycles. The summed E-state index contributed by atoms with van der Waals surface area (Å²) in [6.45, 7) is 4.15. The van der Waals surface area contributed by atoms with Crippen molar-refractivity contribution in [2.24, 2.45) is 0 Å². The Morgan fingerprint density at radius 2 is 2.11 bits per heavy atom. The summed E-state index contributed by atoms with van der Waals surface area (Å²) in [7, 11) is 0. The second-order valence-electron chi connectivity index (χ2n) is 7.04. The molecule has 3 aromatic heterocycles. The van der Waals surface area contributed by atoms with E-state index >= 15 is 0 Å². The van der Waals surface area contributed by atoms with E-state index in [1.54, 1.807) is 17.5 Å². The number of hydrogen-bond donors (Lipinski definition) is 1. The average molecular weight is 393 g/mol. The molecule has 0 unspecified atom stereocenters. The number of nitrogens with zero attached hydrogens (tertiary/aromatic N) is 4. The lowest BCUT2D eigenvalue weighted by molar-refractivity contribution is 0.221. The van der Waals surface area contributed by atoms with E-state index in [4.69, 9.17) is 4.42 Å². The van der Waals surface area contributed by atoms with Crippen LogP contribution in [0.25, 0.3) is 21.7 Å². The van der Waals surface area contributed by atoms with Crippen LogP contribution >= 0.6 is 11.3 Å². The first-order chi connectivity index (χ1) is 13.7. The molecular formula is C20H19N5O2S. The monoisotopic (exact) mass is 393 g/mol. The molecule has 7 nitrogen and oxygen atoms in total. The van der Waals surface area contributed by atoms with Crippen molar-refractivity contribution in [1.29, 1.82) is 0 Å². The van der Waals surface area contributed by atoms with Crippen molar-refractivity contribution in [2.75, 3.05) is 13.1 Å². The number of aromatic nitrogens is 4. The molecule has 0 radical (unpaired) electrons. The summed E-state index contributed by atoms with van der Waals surface area (Å²) in [6.07, 6.45) is 3.52. The first-order valence-corrected chi connectivity index (χ1v) is 10.2. The maximum atomic E-state index is 11.2. The van der Waals surface area contributed by atoms with Crippen molar-refractivity contribution in [3.8, 4) is 11.5 Å². The second-order valence-corrected chi connectivity index (χ2v) is 7.93. The summed E-state index contributed by atoms with van der Waals surface area (Å²) < 4.78 is 6.28. The minimum Gasteiger partial charge on any atom is -0.388 e. The van der Waals surface area contributed by atoms with Gasteiger partial charge in [-0.2, -0.15) is 0 Å². The third-order valence-corrected chi connectivity index (χ3v) is 6.24. The van der Waals surface area contributed by atoms with Crippen LogP contribution < -0.4 is 5.76 Å². The van der Waals surface area contributed by atoms with Gasteiger partial charge in [-0.25, -0.2) is 14.9 Å². The normalized spacial score (nSPS) is 16.0. The Hall–Kier alpha value is -2.84. The van der Waals surface area contributed by atoms with Crippen molar-refractivity contribution in [3.63, 3.8) is 0 Å². The Bertz CT molecular complexity index is 1190. The topological polar surface area (TPSA) is 87.9 Å². The van der Waals surface area contributed by atoms with E-state index in [0.29, 0.717) is 6.04 Å². The number of benzene rings is 1. The lowest BCUT2D eigenvalue weighted by atomic mass is 10.1. The molecule has 0 spiro atoms. The highest BCUT2D eigenvalue weighted by atomic mass is 32.1. The molecule has 1 aliphatic heterocycles. The van der Waals surface area contributed by atoms with E-state index in [2.05, 4.69) is 50.2 Å². The van der Waals surface area contributed by atoms with Crippen molar-refractivity contribution in [1.82, 2.24) is 25.1 Å². The zero-order chi connectivity index (χ0) is 19.1. The zero-order valence-electron chi connectivity index (χ0n) is 15.4. The van der Waals surface area contributed by atoms with Crippen molar-refractivity contribution >= 4 is 21.6 Å². The molecule has 8 heteroatoms. The van der Waals surface area contributed by atoms with Gasteiger partial charge in [0.05, 0.1) is 21.3 Å². The van der Waals surface area contributed by atoms with E-state index in [1.165, 1.54) is 15.8 Å². The fourth-order valence-electron chi connectivity index (χ4n) is 3.81. The number of nitrogens with one attached hydrogen (secondary N) is 1. The summed E-state index contributed by atoms with van der Waals surface area (Å²) >= 11 is 1.67. The number of fused-ring (bicyclic) bond motifs is 2. The van der Waals surface area contributed by atoms with Gasteiger partial charge in [0, 0.05) is 37.4 Å². The molecule has 1 N–H and O–H groups in total. The van der Waals surface area contributed by atoms with Gasteiger partial charge in [0.2, 0.25) is 0 Å². The van der Waals surface area contributed by atoms with E-state index in [-0.39, 0.29) is 5.89 Å². The summed E-state index contributed by atoms with van der Waals surface area (Å²) in [4.78, 5) is 22.8. The molecule has 1 aromatic carbocycles. The number of hydrogen-bond acceptors (Lipinski definition) is 7. The minimum absolute atomic E-state index is 0.284. The standard InChI is InChI=1S/C20H19N5O2S/c1-12(13-2-3-18-17(9-13)22-11-28-18)25-6-4-14-8-15(10-21-16(14)5-7-25)19-23-24-20(26)27-19/h2-3,8-12H,4-7H2,1H3,(H,24,26)/t12-/m0/s1. The van der Waals surface area contributed by atoms with E-state index in [0.717, 1.165) is 42.7 Å². The molecule has 4 heterocycles. The number of rotatable bonds is 3. The first-order valence-electron chi connectivity index (χ1n) is 9.28. The predicted octanol–water partition coefficient (Wildman–Crippen LogP) is 3.20. The Morgan fingerprint density at radius 3 is 2.96 bits per heavy atom. The number of thiazole rings is 1. The molecule has 5 rings (SSSR count). The molecule has 0 bridgehead atoms. The van der Waals surface area contributed by atoms with E-state index in [9.17, 15) is 4.79 Å². The maximum Gasteiger partial charge on any atom is 0.434 e. The summed E-state index contributed by atoms with van der Waals surface area (Å²) in [6, 6.07) is 8.92. The van der Waals surface area contributed by atoms with Crippen LogP contribution in [-0.2, 0) is 12.8 Å². The number of pyridine rings is 1. The minimum atomic E-state index is -0.554. The number of H-pyrrole nitrogens is 1. The van der Waals surface area contributed by atoms with E-state index < -0.39 is 5.76 Å². The van der Waals surface area contributed by atoms with E-state index in [1.807, 2.05) is 11.6 Å². The predicted molar refractivity (Wildman–Crippen MR) is 107 cm³/mol. The van der Waals surface area contributed by atoms with Crippen LogP contribution in [0.2, 0.25) is 0 Å². The third kappa shape index (κ3) is 3.14. The highest BCUT2D eigenvalue weighted by molar-refractivity contribution is 7.16. The molecule has 0 saturated heterocycles. The first kappa shape index (κ1) is 17.3. The largest absolute Gasteiger partial charge is 0.434 e. The molecule has 4 aromatic rings. The van der Waals surface area contributed by atoms with Gasteiger partial charge < -0.3 is 4.42 Å². The van der Waals surface area contributed by atoms with Crippen LogP contribution in [0.4, 0.5) is 0 Å². The van der Waals surface area contributed by atoms with Crippen molar-refractivity contribution < 1.29 is 4.42 Å². The van der Waals surface area contributed by atoms with Crippen LogP contribution in [-0.4, -0.2) is 38.2 Å². The van der Waals surface area contributed by atoms with Crippen LogP contribution in [0.15, 0.2) is 45.2 Å². The molecule has 142 valence electrons. The highest BCUT2D eigenvalue weighted by Crippen LogP contribution is 2.28. The smallest absolute Gasteiger partial charge is 0.388 e. The maximum absolute atomic E-state index is 11.2. The van der Waals surface area contributed by atoms with Gasteiger partial charge in [-0.1, -0.05) is 6.07 Å². The molecule has 0 saturated carbocycles. The molecule has 28 heavy (non-hydrogen) atoms. The van der Waals surface area contributed by atoms with Gasteiger partial charge in [-0.3, -0.25) is 9.88 Å². The van der Waals surface area contributed by atoms with Gasteiger partial charge >= 0.3 is 5.76 Å². The summed E-state index contributed by atoms with van der Waals surface area (Å²) in [5, 5.41) is 6.20. The Morgan fingerprint density at radius 1 is 1.21 bits per heavy atom. The van der Waals surface area contributed by atoms with Crippen LogP contribution in [0, 0.1) is 0 Å². The molecule has 1 atom stereocenters. The van der Waals surface area contributed by atoms with Gasteiger partial charge in [0.15, 0.2) is 0 Å². The van der Waals surface area contributed by atoms with Gasteiger partial charge in [-0.05, 0) is 42.7 Å². The van der Waals surface area contributed by atoms with Gasteiger partial charge in [-0.15, -0.1) is 16.4 Å².